The van der Waals surface area contributed by atoms with E-state index in [0.29, 0.717) is 43.2 Å². The molecule has 2 aliphatic rings. The zero-order chi connectivity index (χ0) is 32.6. The minimum Gasteiger partial charge on any atom is -0.497 e. The normalized spacial score (nSPS) is 19.8. The van der Waals surface area contributed by atoms with E-state index in [-0.39, 0.29) is 37.7 Å². The van der Waals surface area contributed by atoms with Gasteiger partial charge >= 0.3 is 0 Å². The number of amides is 4. The lowest BCUT2D eigenvalue weighted by molar-refractivity contribution is -0.134. The summed E-state index contributed by atoms with van der Waals surface area (Å²) in [6, 6.07) is 10.5. The predicted octanol–water partition coefficient (Wildman–Crippen LogP) is -0.256. The number of carbonyl (C=O) groups excluding carboxylic acids is 5. The number of epoxide rings is 1. The van der Waals surface area contributed by atoms with E-state index in [9.17, 15) is 24.0 Å². The van der Waals surface area contributed by atoms with Crippen molar-refractivity contribution in [2.75, 3.05) is 46.6 Å². The van der Waals surface area contributed by atoms with Crippen molar-refractivity contribution in [3.8, 4) is 5.75 Å². The highest BCUT2D eigenvalue weighted by Crippen LogP contribution is 2.29. The van der Waals surface area contributed by atoms with Gasteiger partial charge in [0.25, 0.3) is 0 Å². The van der Waals surface area contributed by atoms with Crippen molar-refractivity contribution in [2.24, 2.45) is 5.73 Å². The maximum Gasteiger partial charge on any atom is 0.248 e. The number of benzene rings is 2. The molecule has 0 saturated carbocycles. The smallest absolute Gasteiger partial charge is 0.248 e. The molecular formula is C32H41N5O8. The number of ether oxygens (including phenoxy) is 3. The van der Waals surface area contributed by atoms with E-state index in [1.54, 1.807) is 69.5 Å². The van der Waals surface area contributed by atoms with E-state index >= 15 is 0 Å². The Kier molecular flexibility index (Phi) is 11.3. The molecule has 2 aliphatic heterocycles. The summed E-state index contributed by atoms with van der Waals surface area (Å²) < 4.78 is 15.9. The van der Waals surface area contributed by atoms with Gasteiger partial charge in [-0.15, -0.1) is 0 Å². The minimum absolute atomic E-state index is 0.109. The van der Waals surface area contributed by atoms with Crippen LogP contribution in [0.15, 0.2) is 48.5 Å². The van der Waals surface area contributed by atoms with Gasteiger partial charge in [0.2, 0.25) is 23.6 Å². The van der Waals surface area contributed by atoms with Gasteiger partial charge < -0.3 is 35.9 Å². The Morgan fingerprint density at radius 2 is 1.44 bits per heavy atom. The lowest BCUT2D eigenvalue weighted by atomic mass is 9.93. The third-order valence-electron chi connectivity index (χ3n) is 7.88. The summed E-state index contributed by atoms with van der Waals surface area (Å²) >= 11 is 0. The highest BCUT2D eigenvalue weighted by Gasteiger charge is 2.50. The van der Waals surface area contributed by atoms with Gasteiger partial charge in [0.1, 0.15) is 23.4 Å². The Bertz CT molecular complexity index is 1370. The Balaban J connectivity index is 1.48. The molecule has 45 heavy (non-hydrogen) atoms. The van der Waals surface area contributed by atoms with Gasteiger partial charge in [0.05, 0.1) is 39.5 Å². The maximum absolute atomic E-state index is 13.8. The Morgan fingerprint density at radius 3 is 2.00 bits per heavy atom. The molecule has 0 bridgehead atoms. The van der Waals surface area contributed by atoms with Gasteiger partial charge in [-0.25, -0.2) is 0 Å². The summed E-state index contributed by atoms with van der Waals surface area (Å²) in [4.78, 5) is 66.5. The molecule has 242 valence electrons. The number of nitrogens with two attached hydrogens (primary N) is 1. The van der Waals surface area contributed by atoms with E-state index in [0.717, 1.165) is 5.56 Å². The molecule has 2 aromatic carbocycles. The van der Waals surface area contributed by atoms with Gasteiger partial charge in [-0.05, 0) is 55.7 Å². The van der Waals surface area contributed by atoms with E-state index in [2.05, 4.69) is 16.0 Å². The summed E-state index contributed by atoms with van der Waals surface area (Å²) in [6.45, 7) is 5.88. The average Bonchev–Trinajstić information content (AvgIpc) is 3.79. The number of hydrogen-bond acceptors (Lipinski definition) is 9. The van der Waals surface area contributed by atoms with Crippen molar-refractivity contribution in [3.05, 3.63) is 65.2 Å². The fourth-order valence-electron chi connectivity index (χ4n) is 4.96. The number of hydrogen-bond donors (Lipinski definition) is 4. The molecule has 4 amide bonds. The molecule has 2 fully saturated rings. The predicted molar refractivity (Wildman–Crippen MR) is 163 cm³/mol. The van der Waals surface area contributed by atoms with Crippen LogP contribution < -0.4 is 26.4 Å². The number of nitrogens with zero attached hydrogens (tertiary/aromatic N) is 1. The van der Waals surface area contributed by atoms with Crippen LogP contribution in [0.1, 0.15) is 35.3 Å². The third-order valence-corrected chi connectivity index (χ3v) is 7.88. The van der Waals surface area contributed by atoms with E-state index < -0.39 is 41.4 Å². The van der Waals surface area contributed by atoms with E-state index in [1.165, 1.54) is 0 Å². The zero-order valence-electron chi connectivity index (χ0n) is 25.8. The zero-order valence-corrected chi connectivity index (χ0v) is 25.8. The summed E-state index contributed by atoms with van der Waals surface area (Å²) in [7, 11) is 1.54. The van der Waals surface area contributed by atoms with Crippen LogP contribution >= 0.6 is 0 Å². The molecule has 4 unspecified atom stereocenters. The van der Waals surface area contributed by atoms with Crippen LogP contribution in [0, 0.1) is 0 Å². The largest absolute Gasteiger partial charge is 0.497 e. The molecule has 0 aromatic heterocycles. The van der Waals surface area contributed by atoms with Crippen LogP contribution in [-0.4, -0.2) is 105 Å². The van der Waals surface area contributed by atoms with Gasteiger partial charge in [0.15, 0.2) is 5.78 Å². The number of morpholine rings is 1. The number of rotatable bonds is 15. The molecule has 0 spiro atoms. The van der Waals surface area contributed by atoms with Gasteiger partial charge in [0, 0.05) is 25.1 Å². The Morgan fingerprint density at radius 1 is 0.889 bits per heavy atom. The summed E-state index contributed by atoms with van der Waals surface area (Å²) in [5.74, 6) is -1.71. The van der Waals surface area contributed by atoms with Crippen LogP contribution in [0.3, 0.4) is 0 Å². The van der Waals surface area contributed by atoms with Crippen molar-refractivity contribution < 1.29 is 38.2 Å². The lowest BCUT2D eigenvalue weighted by Gasteiger charge is -2.27. The maximum atomic E-state index is 13.8. The standard InChI is InChI=1S/C32H41N5O8/c1-20(34-27(38)18-37-12-14-44-15-13-37)30(41)36-26(17-22-6-10-24(43-3)11-7-22)31(42)35-25(28(39)32(2)19-45-32)16-21-4-8-23(9-5-21)29(33)40/h4-11,20,25-26H,12-19H2,1-3H3,(H2,33,40)(H,34,38)(H,35,42)(H,36,41). The minimum atomic E-state index is -1.08. The highest BCUT2D eigenvalue weighted by molar-refractivity contribution is 5.98. The molecule has 13 nitrogen and oxygen atoms in total. The lowest BCUT2D eigenvalue weighted by Crippen LogP contribution is -2.57. The van der Waals surface area contributed by atoms with Crippen LogP contribution in [0.2, 0.25) is 0 Å². The first kappa shape index (κ1) is 33.6. The van der Waals surface area contributed by atoms with Crippen LogP contribution in [0.25, 0.3) is 0 Å². The number of Topliss-reactive ketones (excluding diaryl/α,β-unsaturated/α-hetero) is 1. The van der Waals surface area contributed by atoms with Crippen LogP contribution in [0.5, 0.6) is 5.75 Å². The molecule has 0 aliphatic carbocycles. The van der Waals surface area contributed by atoms with Crippen molar-refractivity contribution >= 4 is 29.4 Å². The first-order valence-electron chi connectivity index (χ1n) is 14.9. The number of nitrogens with one attached hydrogen (secondary N) is 3. The van der Waals surface area contributed by atoms with Gasteiger partial charge in [-0.1, -0.05) is 24.3 Å². The Labute approximate surface area is 262 Å². The second-order valence-electron chi connectivity index (χ2n) is 11.5. The average molecular weight is 624 g/mol. The fraction of sp³-hybridized carbons (Fsp3) is 0.469. The monoisotopic (exact) mass is 623 g/mol. The molecule has 4 rings (SSSR count). The molecule has 5 N–H and O–H groups in total. The molecule has 4 atom stereocenters. The highest BCUT2D eigenvalue weighted by atomic mass is 16.6. The van der Waals surface area contributed by atoms with E-state index in [1.807, 2.05) is 4.90 Å². The van der Waals surface area contributed by atoms with Crippen molar-refractivity contribution in [2.45, 2.75) is 50.4 Å². The quantitative estimate of drug-likeness (QED) is 0.194. The fourth-order valence-corrected chi connectivity index (χ4v) is 4.96. The molecule has 2 saturated heterocycles. The van der Waals surface area contributed by atoms with Crippen LogP contribution in [-0.2, 0) is 41.5 Å². The van der Waals surface area contributed by atoms with E-state index in [4.69, 9.17) is 19.9 Å². The Hall–Kier alpha value is -4.33. The number of primary amides is 1. The first-order chi connectivity index (χ1) is 21.5. The molecule has 0 radical (unpaired) electrons. The second-order valence-corrected chi connectivity index (χ2v) is 11.5. The topological polar surface area (TPSA) is 182 Å². The third kappa shape index (κ3) is 9.58. The van der Waals surface area contributed by atoms with Crippen molar-refractivity contribution in [1.82, 2.24) is 20.9 Å². The second kappa shape index (κ2) is 15.1. The number of ketones is 1. The summed E-state index contributed by atoms with van der Waals surface area (Å²) in [5, 5.41) is 8.28. The SMILES string of the molecule is COc1ccc(CC(NC(=O)C(C)NC(=O)CN2CCOCC2)C(=O)NC(Cc2ccc(C(N)=O)cc2)C(=O)C2(C)CO2)cc1. The van der Waals surface area contributed by atoms with Crippen molar-refractivity contribution in [3.63, 3.8) is 0 Å². The van der Waals surface area contributed by atoms with Gasteiger partial charge in [-0.3, -0.25) is 28.9 Å². The first-order valence-corrected chi connectivity index (χ1v) is 14.9. The number of methoxy groups -OCH3 is 1. The van der Waals surface area contributed by atoms with Crippen molar-refractivity contribution in [1.29, 1.82) is 0 Å². The van der Waals surface area contributed by atoms with Gasteiger partial charge in [-0.2, -0.15) is 0 Å². The van der Waals surface area contributed by atoms with Crippen LogP contribution in [0.4, 0.5) is 0 Å². The molecular weight excluding hydrogens is 582 g/mol. The number of carbonyl (C=O) groups is 5. The summed E-state index contributed by atoms with van der Waals surface area (Å²) in [6.07, 6.45) is 0.234. The summed E-state index contributed by atoms with van der Waals surface area (Å²) in [5.41, 5.74) is 6.07. The molecule has 13 heteroatoms. The molecule has 2 heterocycles. The molecule has 2 aromatic rings.